The Bertz CT molecular complexity index is 896. The predicted molar refractivity (Wildman–Crippen MR) is 114 cm³/mol. The Morgan fingerprint density at radius 2 is 2.00 bits per heavy atom. The number of hydrogen-bond acceptors (Lipinski definition) is 5. The van der Waals surface area contributed by atoms with Crippen molar-refractivity contribution in [3.8, 4) is 5.75 Å². The summed E-state index contributed by atoms with van der Waals surface area (Å²) in [4.78, 5) is 36.4. The van der Waals surface area contributed by atoms with E-state index in [0.29, 0.717) is 36.6 Å². The Morgan fingerprint density at radius 1 is 1.27 bits per heavy atom. The molecule has 7 nitrogen and oxygen atoms in total. The minimum atomic E-state index is -0.232. The number of aromatic nitrogens is 2. The van der Waals surface area contributed by atoms with Crippen LogP contribution in [0.3, 0.4) is 0 Å². The van der Waals surface area contributed by atoms with Crippen LogP contribution in [0, 0.1) is 12.8 Å². The van der Waals surface area contributed by atoms with Gasteiger partial charge in [0, 0.05) is 25.7 Å². The third-order valence-electron chi connectivity index (χ3n) is 5.27. The maximum atomic E-state index is 13.0. The minimum absolute atomic E-state index is 0.119. The molecular formula is C23H30N4O3. The zero-order valence-electron chi connectivity index (χ0n) is 18.1. The van der Waals surface area contributed by atoms with E-state index in [4.69, 9.17) is 4.74 Å². The number of aryl methyl sites for hydroxylation is 1. The molecule has 1 aromatic carbocycles. The Balaban J connectivity index is 1.78. The highest BCUT2D eigenvalue weighted by atomic mass is 16.5. The first-order valence-electron chi connectivity index (χ1n) is 10.4. The summed E-state index contributed by atoms with van der Waals surface area (Å²) >= 11 is 0. The number of carbonyl (C=O) groups excluding carboxylic acids is 2. The fraction of sp³-hybridized carbons (Fsp3) is 0.478. The number of benzene rings is 1. The summed E-state index contributed by atoms with van der Waals surface area (Å²) in [7, 11) is 1.62. The molecule has 30 heavy (non-hydrogen) atoms. The number of amides is 2. The van der Waals surface area contributed by atoms with Crippen molar-refractivity contribution < 1.29 is 14.3 Å². The highest BCUT2D eigenvalue weighted by Gasteiger charge is 2.34. The fourth-order valence-electron chi connectivity index (χ4n) is 3.75. The van der Waals surface area contributed by atoms with Crippen LogP contribution >= 0.6 is 0 Å². The molecule has 1 aliphatic rings. The van der Waals surface area contributed by atoms with Gasteiger partial charge in [-0.05, 0) is 43.4 Å². The monoisotopic (exact) mass is 410 g/mol. The van der Waals surface area contributed by atoms with E-state index < -0.39 is 0 Å². The van der Waals surface area contributed by atoms with Crippen molar-refractivity contribution in [1.82, 2.24) is 20.2 Å². The summed E-state index contributed by atoms with van der Waals surface area (Å²) < 4.78 is 5.17. The highest BCUT2D eigenvalue weighted by molar-refractivity contribution is 5.95. The average Bonchev–Trinajstić information content (AvgIpc) is 3.22. The van der Waals surface area contributed by atoms with Crippen LogP contribution in [0.5, 0.6) is 5.75 Å². The standard InChI is InChI=1S/C23H30N4O3/c1-15(2)12-21(28)27-11-5-6-20(27)22-19(14-24-16(3)26-22)23(29)25-13-17-7-9-18(30-4)10-8-17/h7-10,14-15,20H,5-6,11-13H2,1-4H3,(H,25,29)/t20-/m1/s1. The maximum Gasteiger partial charge on any atom is 0.255 e. The summed E-state index contributed by atoms with van der Waals surface area (Å²) in [6.45, 7) is 6.96. The second-order valence-corrected chi connectivity index (χ2v) is 8.09. The van der Waals surface area contributed by atoms with Gasteiger partial charge in [-0.25, -0.2) is 9.97 Å². The normalized spacial score (nSPS) is 16.0. The van der Waals surface area contributed by atoms with Gasteiger partial charge in [0.15, 0.2) is 0 Å². The van der Waals surface area contributed by atoms with Crippen LogP contribution in [0.15, 0.2) is 30.5 Å². The number of carbonyl (C=O) groups is 2. The van der Waals surface area contributed by atoms with Gasteiger partial charge in [0.2, 0.25) is 5.91 Å². The maximum absolute atomic E-state index is 13.0. The number of nitrogens with zero attached hydrogens (tertiary/aromatic N) is 3. The lowest BCUT2D eigenvalue weighted by molar-refractivity contribution is -0.133. The van der Waals surface area contributed by atoms with E-state index in [9.17, 15) is 9.59 Å². The fourth-order valence-corrected chi connectivity index (χ4v) is 3.75. The van der Waals surface area contributed by atoms with E-state index in [0.717, 1.165) is 24.2 Å². The highest BCUT2D eigenvalue weighted by Crippen LogP contribution is 2.33. The van der Waals surface area contributed by atoms with Gasteiger partial charge in [0.05, 0.1) is 24.4 Å². The molecular weight excluding hydrogens is 380 g/mol. The second-order valence-electron chi connectivity index (χ2n) is 8.09. The van der Waals surface area contributed by atoms with Crippen molar-refractivity contribution in [2.45, 2.75) is 52.6 Å². The molecule has 0 unspecified atom stereocenters. The third-order valence-corrected chi connectivity index (χ3v) is 5.27. The molecule has 1 N–H and O–H groups in total. The van der Waals surface area contributed by atoms with Gasteiger partial charge >= 0.3 is 0 Å². The first-order chi connectivity index (χ1) is 14.4. The van der Waals surface area contributed by atoms with Crippen molar-refractivity contribution in [1.29, 1.82) is 0 Å². The molecule has 2 aromatic rings. The SMILES string of the molecule is COc1ccc(CNC(=O)c2cnc(C)nc2[C@H]2CCCN2C(=O)CC(C)C)cc1. The van der Waals surface area contributed by atoms with Crippen molar-refractivity contribution in [3.05, 3.63) is 53.1 Å². The van der Waals surface area contributed by atoms with Crippen LogP contribution in [0.1, 0.15) is 66.6 Å². The van der Waals surface area contributed by atoms with Crippen molar-refractivity contribution >= 4 is 11.8 Å². The molecule has 1 saturated heterocycles. The van der Waals surface area contributed by atoms with E-state index in [-0.39, 0.29) is 23.8 Å². The van der Waals surface area contributed by atoms with Gasteiger partial charge in [-0.3, -0.25) is 9.59 Å². The Labute approximate surface area is 177 Å². The molecule has 1 aromatic heterocycles. The topological polar surface area (TPSA) is 84.4 Å². The van der Waals surface area contributed by atoms with Crippen LogP contribution < -0.4 is 10.1 Å². The number of likely N-dealkylation sites (tertiary alicyclic amines) is 1. The molecule has 1 fully saturated rings. The lowest BCUT2D eigenvalue weighted by Gasteiger charge is -2.26. The Kier molecular flexibility index (Phi) is 7.03. The molecule has 0 saturated carbocycles. The average molecular weight is 411 g/mol. The van der Waals surface area contributed by atoms with Gasteiger partial charge in [0.1, 0.15) is 11.6 Å². The Hall–Kier alpha value is -2.96. The van der Waals surface area contributed by atoms with Gasteiger partial charge in [-0.2, -0.15) is 0 Å². The molecule has 3 rings (SSSR count). The summed E-state index contributed by atoms with van der Waals surface area (Å²) in [5, 5.41) is 2.95. The first kappa shape index (κ1) is 21.7. The largest absolute Gasteiger partial charge is 0.497 e. The molecule has 0 bridgehead atoms. The van der Waals surface area contributed by atoms with Crippen LogP contribution in [0.2, 0.25) is 0 Å². The third kappa shape index (κ3) is 5.14. The van der Waals surface area contributed by atoms with Crippen molar-refractivity contribution in [3.63, 3.8) is 0 Å². The number of hydrogen-bond donors (Lipinski definition) is 1. The molecule has 2 amide bonds. The van der Waals surface area contributed by atoms with E-state index in [1.54, 1.807) is 20.2 Å². The zero-order valence-corrected chi connectivity index (χ0v) is 18.1. The smallest absolute Gasteiger partial charge is 0.255 e. The summed E-state index contributed by atoms with van der Waals surface area (Å²) in [6, 6.07) is 7.36. The summed E-state index contributed by atoms with van der Waals surface area (Å²) in [6.07, 6.45) is 3.79. The molecule has 1 atom stereocenters. The van der Waals surface area contributed by atoms with Crippen LogP contribution in [-0.4, -0.2) is 40.3 Å². The second kappa shape index (κ2) is 9.69. The lowest BCUT2D eigenvalue weighted by atomic mass is 10.0. The molecule has 2 heterocycles. The van der Waals surface area contributed by atoms with Gasteiger partial charge in [-0.1, -0.05) is 26.0 Å². The molecule has 160 valence electrons. The molecule has 0 spiro atoms. The van der Waals surface area contributed by atoms with Crippen LogP contribution in [0.4, 0.5) is 0 Å². The number of nitrogens with one attached hydrogen (secondary N) is 1. The van der Waals surface area contributed by atoms with Crippen LogP contribution in [-0.2, 0) is 11.3 Å². The molecule has 0 radical (unpaired) electrons. The summed E-state index contributed by atoms with van der Waals surface area (Å²) in [5.41, 5.74) is 2.04. The number of rotatable bonds is 7. The van der Waals surface area contributed by atoms with Crippen molar-refractivity contribution in [2.75, 3.05) is 13.7 Å². The Morgan fingerprint density at radius 3 is 2.67 bits per heavy atom. The van der Waals surface area contributed by atoms with Crippen molar-refractivity contribution in [2.24, 2.45) is 5.92 Å². The van der Waals surface area contributed by atoms with E-state index in [1.165, 1.54) is 0 Å². The molecule has 1 aliphatic heterocycles. The first-order valence-corrected chi connectivity index (χ1v) is 10.4. The predicted octanol–water partition coefficient (Wildman–Crippen LogP) is 3.43. The van der Waals surface area contributed by atoms with E-state index in [2.05, 4.69) is 15.3 Å². The van der Waals surface area contributed by atoms with Crippen LogP contribution in [0.25, 0.3) is 0 Å². The van der Waals surface area contributed by atoms with Gasteiger partial charge in [-0.15, -0.1) is 0 Å². The number of ether oxygens (including phenoxy) is 1. The van der Waals surface area contributed by atoms with E-state index in [1.807, 2.05) is 43.0 Å². The summed E-state index contributed by atoms with van der Waals surface area (Å²) in [5.74, 6) is 1.54. The molecule has 7 heteroatoms. The van der Waals surface area contributed by atoms with Gasteiger partial charge < -0.3 is 15.0 Å². The zero-order chi connectivity index (χ0) is 21.7. The lowest BCUT2D eigenvalue weighted by Crippen LogP contribution is -2.34. The number of methoxy groups -OCH3 is 1. The minimum Gasteiger partial charge on any atom is -0.497 e. The molecule has 0 aliphatic carbocycles. The van der Waals surface area contributed by atoms with Gasteiger partial charge in [0.25, 0.3) is 5.91 Å². The van der Waals surface area contributed by atoms with E-state index >= 15 is 0 Å². The quantitative estimate of drug-likeness (QED) is 0.756.